The number of rotatable bonds is 7. The quantitative estimate of drug-likeness (QED) is 0.635. The van der Waals surface area contributed by atoms with Crippen LogP contribution in [-0.2, 0) is 0 Å². The maximum Gasteiger partial charge on any atom is 0.0277 e. The highest BCUT2D eigenvalue weighted by Crippen LogP contribution is 2.12. The zero-order valence-electron chi connectivity index (χ0n) is 12.9. The molecule has 1 atom stereocenters. The second-order valence-corrected chi connectivity index (χ2v) is 5.45. The molecule has 1 rings (SSSR count). The first-order chi connectivity index (χ1) is 9.15. The van der Waals surface area contributed by atoms with Gasteiger partial charge in [-0.3, -0.25) is 9.89 Å². The maximum atomic E-state index is 4.17. The molecule has 0 fully saturated rings. The van der Waals surface area contributed by atoms with Crippen molar-refractivity contribution in [2.75, 3.05) is 27.2 Å². The van der Waals surface area contributed by atoms with E-state index < -0.39 is 0 Å². The van der Waals surface area contributed by atoms with Crippen LogP contribution in [-0.4, -0.2) is 38.3 Å². The molecule has 0 aromatic carbocycles. The molecule has 0 amide bonds. The van der Waals surface area contributed by atoms with E-state index in [9.17, 15) is 0 Å². The Labute approximate surface area is 118 Å². The molecule has 2 nitrogen and oxygen atoms in total. The Kier molecular flexibility index (Phi) is 7.42. The van der Waals surface area contributed by atoms with Gasteiger partial charge in [0.1, 0.15) is 0 Å². The summed E-state index contributed by atoms with van der Waals surface area (Å²) in [7, 11) is 4.02. The second kappa shape index (κ2) is 8.87. The van der Waals surface area contributed by atoms with Crippen molar-refractivity contribution in [2.24, 2.45) is 10.9 Å². The Morgan fingerprint density at radius 2 is 2.26 bits per heavy atom. The predicted octanol–water partition coefficient (Wildman–Crippen LogP) is 3.87. The van der Waals surface area contributed by atoms with Crippen LogP contribution >= 0.6 is 0 Å². The van der Waals surface area contributed by atoms with Crippen molar-refractivity contribution >= 4 is 6.21 Å². The number of allylic oxidation sites excluding steroid dienone is 3. The molecule has 1 aliphatic carbocycles. The first-order valence-electron chi connectivity index (χ1n) is 7.32. The molecule has 0 radical (unpaired) electrons. The molecule has 19 heavy (non-hydrogen) atoms. The summed E-state index contributed by atoms with van der Waals surface area (Å²) in [6, 6.07) is 0. The van der Waals surface area contributed by atoms with Crippen molar-refractivity contribution in [3.63, 3.8) is 0 Å². The lowest BCUT2D eigenvalue weighted by Gasteiger charge is -2.19. The molecular weight excluding hydrogens is 232 g/mol. The van der Waals surface area contributed by atoms with Gasteiger partial charge in [-0.15, -0.1) is 0 Å². The summed E-state index contributed by atoms with van der Waals surface area (Å²) in [5.74, 6) is 0.621. The van der Waals surface area contributed by atoms with Gasteiger partial charge in [0.15, 0.2) is 0 Å². The summed E-state index contributed by atoms with van der Waals surface area (Å²) in [4.78, 5) is 6.53. The van der Waals surface area contributed by atoms with E-state index in [0.29, 0.717) is 5.92 Å². The molecule has 0 aromatic rings. The van der Waals surface area contributed by atoms with E-state index in [4.69, 9.17) is 0 Å². The minimum atomic E-state index is 0.621. The zero-order valence-corrected chi connectivity index (χ0v) is 12.9. The van der Waals surface area contributed by atoms with Crippen LogP contribution in [0, 0.1) is 5.92 Å². The van der Waals surface area contributed by atoms with Crippen LogP contribution in [0.5, 0.6) is 0 Å². The lowest BCUT2D eigenvalue weighted by Crippen LogP contribution is -2.24. The number of likely N-dealkylation sites (N-methyl/N-ethyl adjacent to an activating group) is 1. The monoisotopic (exact) mass is 260 g/mol. The summed E-state index contributed by atoms with van der Waals surface area (Å²) >= 11 is 0. The van der Waals surface area contributed by atoms with Crippen LogP contribution in [0.1, 0.15) is 33.1 Å². The highest BCUT2D eigenvalue weighted by atomic mass is 15.1. The van der Waals surface area contributed by atoms with Crippen molar-refractivity contribution in [1.29, 1.82) is 0 Å². The van der Waals surface area contributed by atoms with Gasteiger partial charge in [-0.05, 0) is 37.0 Å². The fourth-order valence-corrected chi connectivity index (χ4v) is 2.25. The second-order valence-electron chi connectivity index (χ2n) is 5.45. The molecule has 1 aliphatic rings. The SMILES string of the molecule is CCC(C)/C=C(\C=N/C)CN(C)CC1=CCCC=C1. The molecule has 0 heterocycles. The van der Waals surface area contributed by atoms with E-state index in [1.807, 2.05) is 13.3 Å². The lowest BCUT2D eigenvalue weighted by molar-refractivity contribution is 0.399. The number of hydrogen-bond acceptors (Lipinski definition) is 2. The molecule has 0 spiro atoms. The van der Waals surface area contributed by atoms with Gasteiger partial charge in [-0.2, -0.15) is 0 Å². The van der Waals surface area contributed by atoms with Crippen LogP contribution < -0.4 is 0 Å². The molecule has 0 N–H and O–H groups in total. The van der Waals surface area contributed by atoms with E-state index in [0.717, 1.165) is 13.1 Å². The predicted molar refractivity (Wildman–Crippen MR) is 85.9 cm³/mol. The minimum absolute atomic E-state index is 0.621. The van der Waals surface area contributed by atoms with Gasteiger partial charge in [0.2, 0.25) is 0 Å². The van der Waals surface area contributed by atoms with Crippen LogP contribution in [0.3, 0.4) is 0 Å². The maximum absolute atomic E-state index is 4.17. The van der Waals surface area contributed by atoms with Crippen LogP contribution in [0.4, 0.5) is 0 Å². The van der Waals surface area contributed by atoms with E-state index in [2.05, 4.69) is 55.1 Å². The smallest absolute Gasteiger partial charge is 0.0277 e. The van der Waals surface area contributed by atoms with Gasteiger partial charge in [-0.1, -0.05) is 44.6 Å². The summed E-state index contributed by atoms with van der Waals surface area (Å²) < 4.78 is 0. The molecule has 0 aliphatic heterocycles. The van der Waals surface area contributed by atoms with Crippen LogP contribution in [0.2, 0.25) is 0 Å². The third-order valence-electron chi connectivity index (χ3n) is 3.41. The molecule has 0 saturated carbocycles. The molecule has 0 aromatic heterocycles. The Morgan fingerprint density at radius 1 is 1.47 bits per heavy atom. The standard InChI is InChI=1S/C17H28N2/c1-5-15(2)11-17(12-18-3)14-19(4)13-16-9-7-6-8-10-16/h7,9-12,15H,5-6,8,13-14H2,1-4H3/b17-11+,18-12-. The van der Waals surface area contributed by atoms with Crippen LogP contribution in [0.25, 0.3) is 0 Å². The first kappa shape index (κ1) is 15.9. The number of aliphatic imine (C=N–C) groups is 1. The van der Waals surface area contributed by atoms with Gasteiger partial charge >= 0.3 is 0 Å². The molecule has 1 unspecified atom stereocenters. The molecule has 0 bridgehead atoms. The number of nitrogens with zero attached hydrogens (tertiary/aromatic N) is 2. The lowest BCUT2D eigenvalue weighted by atomic mass is 10.0. The van der Waals surface area contributed by atoms with Gasteiger partial charge in [0.05, 0.1) is 0 Å². The Balaban J connectivity index is 2.56. The van der Waals surface area contributed by atoms with Crippen LogP contribution in [0.15, 0.2) is 40.4 Å². The Bertz CT molecular complexity index is 375. The Morgan fingerprint density at radius 3 is 2.84 bits per heavy atom. The van der Waals surface area contributed by atoms with Gasteiger partial charge in [0.25, 0.3) is 0 Å². The fraction of sp³-hybridized carbons (Fsp3) is 0.588. The van der Waals surface area contributed by atoms with Crippen molar-refractivity contribution in [3.8, 4) is 0 Å². The van der Waals surface area contributed by atoms with E-state index in [-0.39, 0.29) is 0 Å². The highest BCUT2D eigenvalue weighted by molar-refractivity contribution is 5.78. The average Bonchev–Trinajstić information content (AvgIpc) is 2.39. The zero-order chi connectivity index (χ0) is 14.1. The first-order valence-corrected chi connectivity index (χ1v) is 7.32. The van der Waals surface area contributed by atoms with Crippen molar-refractivity contribution in [2.45, 2.75) is 33.1 Å². The van der Waals surface area contributed by atoms with Crippen molar-refractivity contribution in [3.05, 3.63) is 35.5 Å². The molecule has 2 heteroatoms. The average molecular weight is 260 g/mol. The van der Waals surface area contributed by atoms with E-state index in [1.54, 1.807) is 0 Å². The van der Waals surface area contributed by atoms with Crippen molar-refractivity contribution in [1.82, 2.24) is 4.90 Å². The summed E-state index contributed by atoms with van der Waals surface area (Å²) in [6.45, 7) is 6.47. The highest BCUT2D eigenvalue weighted by Gasteiger charge is 2.06. The topological polar surface area (TPSA) is 15.6 Å². The summed E-state index contributed by atoms with van der Waals surface area (Å²) in [5, 5.41) is 0. The van der Waals surface area contributed by atoms with E-state index >= 15 is 0 Å². The minimum Gasteiger partial charge on any atom is -0.298 e. The normalized spacial score (nSPS) is 18.2. The Hall–Kier alpha value is -1.15. The third-order valence-corrected chi connectivity index (χ3v) is 3.41. The largest absolute Gasteiger partial charge is 0.298 e. The summed E-state index contributed by atoms with van der Waals surface area (Å²) in [6.07, 6.45) is 14.8. The molecular formula is C17H28N2. The van der Waals surface area contributed by atoms with Gasteiger partial charge in [-0.25, -0.2) is 0 Å². The third kappa shape index (κ3) is 6.53. The van der Waals surface area contributed by atoms with Gasteiger partial charge in [0, 0.05) is 26.4 Å². The summed E-state index contributed by atoms with van der Waals surface area (Å²) in [5.41, 5.74) is 2.75. The van der Waals surface area contributed by atoms with Crippen molar-refractivity contribution < 1.29 is 0 Å². The van der Waals surface area contributed by atoms with E-state index in [1.165, 1.54) is 30.4 Å². The molecule has 0 saturated heterocycles. The number of hydrogen-bond donors (Lipinski definition) is 0. The fourth-order valence-electron chi connectivity index (χ4n) is 2.25. The van der Waals surface area contributed by atoms with Gasteiger partial charge < -0.3 is 0 Å². The molecule has 106 valence electrons.